The van der Waals surface area contributed by atoms with Gasteiger partial charge in [0.05, 0.1) is 11.1 Å². The fourth-order valence-corrected chi connectivity index (χ4v) is 4.76. The monoisotopic (exact) mass is 513 g/mol. The summed E-state index contributed by atoms with van der Waals surface area (Å²) < 4.78 is 44.5. The van der Waals surface area contributed by atoms with Crippen LogP contribution in [-0.4, -0.2) is 15.9 Å². The quantitative estimate of drug-likeness (QED) is 0.191. The van der Waals surface area contributed by atoms with Gasteiger partial charge in [-0.1, -0.05) is 75.0 Å². The summed E-state index contributed by atoms with van der Waals surface area (Å²) in [6.07, 6.45) is -3.45. The van der Waals surface area contributed by atoms with Gasteiger partial charge in [-0.05, 0) is 41.2 Å². The molecule has 0 aliphatic rings. The lowest BCUT2D eigenvalue weighted by atomic mass is 9.90. The number of hydrogen-bond donors (Lipinski definition) is 1. The number of thioether (sulfide) groups is 1. The molecule has 0 aliphatic carbocycles. The minimum atomic E-state index is -4.41. The number of benzene rings is 3. The number of carbonyl (C=O) groups excluding carboxylic acids is 1. The third-order valence-electron chi connectivity index (χ3n) is 5.89. The molecule has 0 spiro atoms. The van der Waals surface area contributed by atoms with Crippen LogP contribution in [0.1, 0.15) is 59.3 Å². The number of ketones is 1. The van der Waals surface area contributed by atoms with Crippen molar-refractivity contribution in [3.8, 4) is 5.75 Å². The van der Waals surface area contributed by atoms with Gasteiger partial charge in [-0.2, -0.15) is 13.2 Å². The van der Waals surface area contributed by atoms with Gasteiger partial charge in [-0.25, -0.2) is 4.98 Å². The molecule has 188 valence electrons. The number of phenols is 1. The van der Waals surface area contributed by atoms with E-state index in [0.29, 0.717) is 22.6 Å². The molecule has 0 aliphatic heterocycles. The van der Waals surface area contributed by atoms with Crippen LogP contribution in [-0.2, 0) is 18.3 Å². The number of hydrogen-bond acceptors (Lipinski definition) is 5. The Morgan fingerprint density at radius 2 is 1.75 bits per heavy atom. The molecule has 36 heavy (non-hydrogen) atoms. The van der Waals surface area contributed by atoms with Crippen molar-refractivity contribution in [2.75, 3.05) is 0 Å². The SMILES string of the molecule is CC(C)Cc1ccc(C(C)C(=O)c2cc3nc(SCc4cccc(C(F)(F)F)c4)oc3cc2O)cc1. The van der Waals surface area contributed by atoms with Gasteiger partial charge < -0.3 is 9.52 Å². The molecule has 4 rings (SSSR count). The number of oxazole rings is 1. The van der Waals surface area contributed by atoms with Gasteiger partial charge in [0.25, 0.3) is 5.22 Å². The molecule has 1 unspecified atom stereocenters. The van der Waals surface area contributed by atoms with Crippen LogP contribution in [0.15, 0.2) is 70.3 Å². The molecule has 4 nitrogen and oxygen atoms in total. The number of carbonyl (C=O) groups is 1. The van der Waals surface area contributed by atoms with Gasteiger partial charge in [0.2, 0.25) is 0 Å². The lowest BCUT2D eigenvalue weighted by Gasteiger charge is -2.13. The van der Waals surface area contributed by atoms with E-state index < -0.39 is 17.7 Å². The van der Waals surface area contributed by atoms with Gasteiger partial charge in [-0.3, -0.25) is 4.79 Å². The van der Waals surface area contributed by atoms with Crippen molar-refractivity contribution in [1.82, 2.24) is 4.98 Å². The predicted octanol–water partition coefficient (Wildman–Crippen LogP) is 8.03. The zero-order valence-electron chi connectivity index (χ0n) is 20.1. The van der Waals surface area contributed by atoms with Crippen molar-refractivity contribution >= 4 is 28.6 Å². The summed E-state index contributed by atoms with van der Waals surface area (Å²) in [5, 5.41) is 10.8. The molecule has 0 saturated heterocycles. The number of phenolic OH excluding ortho intramolecular Hbond substituents is 1. The minimum absolute atomic E-state index is 0.143. The third kappa shape index (κ3) is 5.93. The molecule has 4 aromatic rings. The topological polar surface area (TPSA) is 63.3 Å². The normalized spacial score (nSPS) is 12.9. The summed E-state index contributed by atoms with van der Waals surface area (Å²) in [7, 11) is 0. The maximum absolute atomic E-state index is 13.2. The van der Waals surface area contributed by atoms with E-state index in [1.165, 1.54) is 23.8 Å². The van der Waals surface area contributed by atoms with Gasteiger partial charge in [0, 0.05) is 17.7 Å². The molecule has 1 heterocycles. The Hall–Kier alpha value is -3.26. The van der Waals surface area contributed by atoms with E-state index >= 15 is 0 Å². The summed E-state index contributed by atoms with van der Waals surface area (Å²) in [5.74, 6) is -0.163. The number of nitrogens with zero attached hydrogens (tertiary/aromatic N) is 1. The minimum Gasteiger partial charge on any atom is -0.507 e. The van der Waals surface area contributed by atoms with E-state index in [4.69, 9.17) is 4.42 Å². The van der Waals surface area contributed by atoms with Crippen LogP contribution in [0.5, 0.6) is 5.75 Å². The van der Waals surface area contributed by atoms with E-state index in [1.54, 1.807) is 13.0 Å². The number of alkyl halides is 3. The molecule has 1 aromatic heterocycles. The first-order valence-corrected chi connectivity index (χ1v) is 12.6. The smallest absolute Gasteiger partial charge is 0.416 e. The summed E-state index contributed by atoms with van der Waals surface area (Å²) in [5.41, 5.74) is 2.64. The highest BCUT2D eigenvalue weighted by molar-refractivity contribution is 7.98. The van der Waals surface area contributed by atoms with Crippen LogP contribution in [0.25, 0.3) is 11.1 Å². The lowest BCUT2D eigenvalue weighted by Crippen LogP contribution is -2.10. The van der Waals surface area contributed by atoms with Crippen molar-refractivity contribution in [3.05, 3.63) is 88.5 Å². The Bertz CT molecular complexity index is 1380. The first kappa shape index (κ1) is 25.8. The first-order chi connectivity index (χ1) is 17.0. The molecule has 1 atom stereocenters. The number of fused-ring (bicyclic) bond motifs is 1. The van der Waals surface area contributed by atoms with Crippen LogP contribution in [0.4, 0.5) is 13.2 Å². The number of aromatic hydroxyl groups is 1. The highest BCUT2D eigenvalue weighted by atomic mass is 32.2. The average molecular weight is 514 g/mol. The highest BCUT2D eigenvalue weighted by Gasteiger charge is 2.30. The first-order valence-electron chi connectivity index (χ1n) is 11.6. The molecule has 0 bridgehead atoms. The van der Waals surface area contributed by atoms with Crippen molar-refractivity contribution < 1.29 is 27.5 Å². The third-order valence-corrected chi connectivity index (χ3v) is 6.78. The molecule has 3 aromatic carbocycles. The Labute approximate surface area is 211 Å². The van der Waals surface area contributed by atoms with Crippen molar-refractivity contribution in [2.24, 2.45) is 5.92 Å². The Morgan fingerprint density at radius 1 is 1.03 bits per heavy atom. The van der Waals surface area contributed by atoms with E-state index in [9.17, 15) is 23.1 Å². The molecule has 0 fully saturated rings. The van der Waals surface area contributed by atoms with Crippen LogP contribution in [0.2, 0.25) is 0 Å². The fraction of sp³-hybridized carbons (Fsp3) is 0.286. The van der Waals surface area contributed by atoms with Crippen molar-refractivity contribution in [2.45, 2.75) is 50.3 Å². The summed E-state index contributed by atoms with van der Waals surface area (Å²) >= 11 is 1.14. The second-order valence-electron chi connectivity index (χ2n) is 9.23. The second-order valence-corrected chi connectivity index (χ2v) is 10.2. The predicted molar refractivity (Wildman–Crippen MR) is 134 cm³/mol. The Morgan fingerprint density at radius 3 is 2.42 bits per heavy atom. The van der Waals surface area contributed by atoms with Crippen LogP contribution < -0.4 is 0 Å². The molecular weight excluding hydrogens is 487 g/mol. The lowest BCUT2D eigenvalue weighted by molar-refractivity contribution is -0.137. The van der Waals surface area contributed by atoms with Crippen LogP contribution in [0.3, 0.4) is 0 Å². The summed E-state index contributed by atoms with van der Waals surface area (Å²) in [4.78, 5) is 17.6. The van der Waals surface area contributed by atoms with Crippen molar-refractivity contribution in [3.63, 3.8) is 0 Å². The van der Waals surface area contributed by atoms with Gasteiger partial charge in [0.1, 0.15) is 11.3 Å². The van der Waals surface area contributed by atoms with Gasteiger partial charge in [-0.15, -0.1) is 0 Å². The zero-order chi connectivity index (χ0) is 26.0. The van der Waals surface area contributed by atoms with Gasteiger partial charge >= 0.3 is 6.18 Å². The van der Waals surface area contributed by atoms with Crippen LogP contribution >= 0.6 is 11.8 Å². The molecule has 1 N–H and O–H groups in total. The average Bonchev–Trinajstić information content (AvgIpc) is 3.22. The van der Waals surface area contributed by atoms with E-state index in [2.05, 4.69) is 18.8 Å². The summed E-state index contributed by atoms with van der Waals surface area (Å²) in [6, 6.07) is 15.8. The Kier molecular flexibility index (Phi) is 7.45. The molecule has 8 heteroatoms. The zero-order valence-corrected chi connectivity index (χ0v) is 20.9. The maximum atomic E-state index is 13.2. The number of halogens is 3. The van der Waals surface area contributed by atoms with Gasteiger partial charge in [0.15, 0.2) is 11.4 Å². The molecular formula is C28H26F3NO3S. The maximum Gasteiger partial charge on any atom is 0.416 e. The van der Waals surface area contributed by atoms with Crippen LogP contribution in [0, 0.1) is 5.92 Å². The molecule has 0 amide bonds. The fourth-order valence-electron chi connectivity index (χ4n) is 3.98. The highest BCUT2D eigenvalue weighted by Crippen LogP contribution is 2.34. The standard InChI is InChI=1S/C28H26F3NO3S/c1-16(2)11-18-7-9-20(10-8-18)17(3)26(34)22-13-23-25(14-24(22)33)35-27(32-23)36-15-19-5-4-6-21(12-19)28(29,30)31/h4-10,12-14,16-17,33H,11,15H2,1-3H3. The number of rotatable bonds is 8. The Balaban J connectivity index is 1.50. The van der Waals surface area contributed by atoms with E-state index in [0.717, 1.165) is 35.9 Å². The molecule has 0 radical (unpaired) electrons. The van der Waals surface area contributed by atoms with E-state index in [1.807, 2.05) is 24.3 Å². The summed E-state index contributed by atoms with van der Waals surface area (Å²) in [6.45, 7) is 6.10. The molecule has 0 saturated carbocycles. The van der Waals surface area contributed by atoms with E-state index in [-0.39, 0.29) is 28.1 Å². The second kappa shape index (κ2) is 10.4. The number of aromatic nitrogens is 1. The number of Topliss-reactive ketones (excluding diaryl/α,β-unsaturated/α-hetero) is 1. The largest absolute Gasteiger partial charge is 0.507 e. The van der Waals surface area contributed by atoms with Crippen molar-refractivity contribution in [1.29, 1.82) is 0 Å².